The number of amides is 2. The Morgan fingerprint density at radius 2 is 2.11 bits per heavy atom. The minimum absolute atomic E-state index is 0.171. The highest BCUT2D eigenvalue weighted by molar-refractivity contribution is 9.10. The van der Waals surface area contributed by atoms with Crippen LogP contribution in [-0.4, -0.2) is 18.6 Å². The summed E-state index contributed by atoms with van der Waals surface area (Å²) in [6, 6.07) is 2.85. The number of imide groups is 1. The molecule has 1 aromatic rings. The highest BCUT2D eigenvalue weighted by Gasteiger charge is 2.13. The van der Waals surface area contributed by atoms with Crippen LogP contribution in [0.25, 0.3) is 0 Å². The monoisotopic (exact) mass is 317 g/mol. The summed E-state index contributed by atoms with van der Waals surface area (Å²) in [5.74, 6) is -1.10. The Balaban J connectivity index is 2.70. The third kappa shape index (κ3) is 4.10. The predicted octanol–water partition coefficient (Wildman–Crippen LogP) is 2.71. The average molecular weight is 318 g/mol. The lowest BCUT2D eigenvalue weighted by Crippen LogP contribution is -2.32. The van der Waals surface area contributed by atoms with E-state index in [-0.39, 0.29) is 18.6 Å². The molecule has 0 unspecified atom stereocenters. The van der Waals surface area contributed by atoms with E-state index >= 15 is 0 Å². The van der Waals surface area contributed by atoms with Gasteiger partial charge in [0.25, 0.3) is 0 Å². The van der Waals surface area contributed by atoms with Gasteiger partial charge in [0.05, 0.1) is 13.0 Å². The molecule has 18 heavy (non-hydrogen) atoms. The van der Waals surface area contributed by atoms with Crippen molar-refractivity contribution >= 4 is 27.9 Å². The van der Waals surface area contributed by atoms with Crippen molar-refractivity contribution in [3.8, 4) is 0 Å². The molecule has 1 rings (SSSR count). The highest BCUT2D eigenvalue weighted by atomic mass is 79.9. The molecule has 1 aromatic carbocycles. The summed E-state index contributed by atoms with van der Waals surface area (Å²) in [4.78, 5) is 22.5. The van der Waals surface area contributed by atoms with Gasteiger partial charge >= 0.3 is 6.09 Å². The van der Waals surface area contributed by atoms with E-state index in [0.29, 0.717) is 4.47 Å². The minimum atomic E-state index is -0.822. The van der Waals surface area contributed by atoms with E-state index in [1.807, 2.05) is 5.32 Å². The van der Waals surface area contributed by atoms with Gasteiger partial charge in [-0.05, 0) is 31.0 Å². The van der Waals surface area contributed by atoms with Crippen LogP contribution in [0, 0.1) is 12.7 Å². The van der Waals surface area contributed by atoms with Crippen molar-refractivity contribution in [2.24, 2.45) is 0 Å². The van der Waals surface area contributed by atoms with Crippen LogP contribution in [0.1, 0.15) is 18.1 Å². The summed E-state index contributed by atoms with van der Waals surface area (Å²) >= 11 is 3.19. The van der Waals surface area contributed by atoms with Gasteiger partial charge in [-0.2, -0.15) is 0 Å². The zero-order valence-electron chi connectivity index (χ0n) is 10.0. The number of carbonyl (C=O) groups excluding carboxylic acids is 2. The van der Waals surface area contributed by atoms with Gasteiger partial charge in [-0.25, -0.2) is 9.18 Å². The van der Waals surface area contributed by atoms with Crippen LogP contribution in [0.2, 0.25) is 0 Å². The van der Waals surface area contributed by atoms with Gasteiger partial charge in [0.1, 0.15) is 5.82 Å². The van der Waals surface area contributed by atoms with Crippen LogP contribution >= 0.6 is 15.9 Å². The van der Waals surface area contributed by atoms with Gasteiger partial charge in [0.15, 0.2) is 0 Å². The lowest BCUT2D eigenvalue weighted by Gasteiger charge is -2.07. The summed E-state index contributed by atoms with van der Waals surface area (Å²) in [6.07, 6.45) is -1.03. The van der Waals surface area contributed by atoms with Crippen LogP contribution in [0.15, 0.2) is 16.6 Å². The van der Waals surface area contributed by atoms with Crippen LogP contribution in [0.4, 0.5) is 9.18 Å². The molecule has 6 heteroatoms. The normalized spacial score (nSPS) is 10.0. The molecule has 1 N–H and O–H groups in total. The van der Waals surface area contributed by atoms with E-state index in [9.17, 15) is 14.0 Å². The van der Waals surface area contributed by atoms with Crippen molar-refractivity contribution in [3.63, 3.8) is 0 Å². The van der Waals surface area contributed by atoms with Crippen molar-refractivity contribution in [2.45, 2.75) is 20.3 Å². The fourth-order valence-electron chi connectivity index (χ4n) is 1.35. The van der Waals surface area contributed by atoms with Gasteiger partial charge in [-0.1, -0.05) is 22.0 Å². The summed E-state index contributed by atoms with van der Waals surface area (Å²) < 4.78 is 18.7. The molecule has 4 nitrogen and oxygen atoms in total. The molecule has 0 spiro atoms. The van der Waals surface area contributed by atoms with E-state index in [0.717, 1.165) is 5.56 Å². The van der Waals surface area contributed by atoms with Gasteiger partial charge < -0.3 is 4.74 Å². The van der Waals surface area contributed by atoms with Crippen LogP contribution in [0.5, 0.6) is 0 Å². The van der Waals surface area contributed by atoms with Gasteiger partial charge in [-0.15, -0.1) is 0 Å². The topological polar surface area (TPSA) is 55.4 Å². The van der Waals surface area contributed by atoms with Crippen molar-refractivity contribution in [3.05, 3.63) is 33.5 Å². The molecule has 0 heterocycles. The van der Waals surface area contributed by atoms with E-state index in [1.165, 1.54) is 6.07 Å². The first kappa shape index (κ1) is 14.6. The molecule has 0 bridgehead atoms. The van der Waals surface area contributed by atoms with Crippen LogP contribution in [-0.2, 0) is 16.0 Å². The molecular formula is C12H13BrFNO3. The molecule has 2 amide bonds. The van der Waals surface area contributed by atoms with Crippen molar-refractivity contribution < 1.29 is 18.7 Å². The number of alkyl carbamates (subject to hydrolysis) is 1. The number of aryl methyl sites for hydroxylation is 1. The molecule has 98 valence electrons. The maximum Gasteiger partial charge on any atom is 0.413 e. The standard InChI is InChI=1S/C12H13BrFNO3/c1-3-18-12(17)15-11(16)5-8-4-7(2)9(13)6-10(8)14/h4,6H,3,5H2,1-2H3,(H,15,16,17). The fourth-order valence-corrected chi connectivity index (χ4v) is 1.67. The molecule has 0 atom stereocenters. The molecule has 0 aliphatic carbocycles. The van der Waals surface area contributed by atoms with Crippen molar-refractivity contribution in [2.75, 3.05) is 6.61 Å². The van der Waals surface area contributed by atoms with Crippen molar-refractivity contribution in [1.82, 2.24) is 5.32 Å². The predicted molar refractivity (Wildman–Crippen MR) is 67.7 cm³/mol. The van der Waals surface area contributed by atoms with E-state index in [1.54, 1.807) is 19.9 Å². The third-order valence-electron chi connectivity index (χ3n) is 2.20. The second-order valence-corrected chi connectivity index (χ2v) is 4.49. The average Bonchev–Trinajstić information content (AvgIpc) is 2.26. The molecule has 0 saturated carbocycles. The van der Waals surface area contributed by atoms with Crippen molar-refractivity contribution in [1.29, 1.82) is 0 Å². The molecule has 0 aromatic heterocycles. The first-order valence-electron chi connectivity index (χ1n) is 5.35. The molecule has 0 aliphatic heterocycles. The molecule has 0 aliphatic rings. The quantitative estimate of drug-likeness (QED) is 0.932. The number of rotatable bonds is 3. The summed E-state index contributed by atoms with van der Waals surface area (Å²) in [7, 11) is 0. The second-order valence-electron chi connectivity index (χ2n) is 3.64. The Bertz CT molecular complexity index is 477. The summed E-state index contributed by atoms with van der Waals surface area (Å²) in [5, 5.41) is 2.01. The lowest BCUT2D eigenvalue weighted by molar-refractivity contribution is -0.119. The molecular weight excluding hydrogens is 305 g/mol. The van der Waals surface area contributed by atoms with E-state index in [4.69, 9.17) is 0 Å². The number of ether oxygens (including phenoxy) is 1. The Hall–Kier alpha value is -1.43. The highest BCUT2D eigenvalue weighted by Crippen LogP contribution is 2.20. The Kier molecular flexibility index (Phi) is 5.27. The van der Waals surface area contributed by atoms with Crippen LogP contribution < -0.4 is 5.32 Å². The van der Waals surface area contributed by atoms with Gasteiger partial charge in [-0.3, -0.25) is 10.1 Å². The Morgan fingerprint density at radius 1 is 1.44 bits per heavy atom. The summed E-state index contributed by atoms with van der Waals surface area (Å²) in [5.41, 5.74) is 1.05. The number of halogens is 2. The minimum Gasteiger partial charge on any atom is -0.450 e. The number of nitrogens with one attached hydrogen (secondary N) is 1. The molecule has 0 fully saturated rings. The molecule has 0 radical (unpaired) electrons. The number of carbonyl (C=O) groups is 2. The SMILES string of the molecule is CCOC(=O)NC(=O)Cc1cc(C)c(Br)cc1F. The zero-order valence-corrected chi connectivity index (χ0v) is 11.6. The fraction of sp³-hybridized carbons (Fsp3) is 0.333. The third-order valence-corrected chi connectivity index (χ3v) is 3.05. The smallest absolute Gasteiger partial charge is 0.413 e. The first-order valence-corrected chi connectivity index (χ1v) is 6.14. The lowest BCUT2D eigenvalue weighted by atomic mass is 10.1. The summed E-state index contributed by atoms with van der Waals surface area (Å²) in [6.45, 7) is 3.59. The maximum absolute atomic E-state index is 13.6. The Labute approximate surface area is 113 Å². The number of benzene rings is 1. The van der Waals surface area contributed by atoms with Gasteiger partial charge in [0.2, 0.25) is 5.91 Å². The largest absolute Gasteiger partial charge is 0.450 e. The van der Waals surface area contributed by atoms with E-state index < -0.39 is 17.8 Å². The molecule has 0 saturated heterocycles. The number of hydrogen-bond donors (Lipinski definition) is 1. The first-order chi connectivity index (χ1) is 8.43. The van der Waals surface area contributed by atoms with Crippen LogP contribution in [0.3, 0.4) is 0 Å². The number of hydrogen-bond acceptors (Lipinski definition) is 3. The zero-order chi connectivity index (χ0) is 13.7. The Morgan fingerprint density at radius 3 is 2.72 bits per heavy atom. The van der Waals surface area contributed by atoms with E-state index in [2.05, 4.69) is 20.7 Å². The maximum atomic E-state index is 13.6. The van der Waals surface area contributed by atoms with Gasteiger partial charge in [0, 0.05) is 4.47 Å². The second kappa shape index (κ2) is 6.49.